The summed E-state index contributed by atoms with van der Waals surface area (Å²) < 4.78 is 0. The minimum atomic E-state index is -0.252. The molecule has 0 saturated carbocycles. The van der Waals surface area contributed by atoms with Crippen LogP contribution in [0.3, 0.4) is 0 Å². The van der Waals surface area contributed by atoms with Crippen molar-refractivity contribution >= 4 is 18.3 Å². The third-order valence-electron chi connectivity index (χ3n) is 3.94. The number of hydrogen-bond acceptors (Lipinski definition) is 2. The third kappa shape index (κ3) is 6.05. The number of halogens is 1. The third-order valence-corrected chi connectivity index (χ3v) is 3.94. The van der Waals surface area contributed by atoms with Crippen molar-refractivity contribution in [1.82, 2.24) is 5.32 Å². The Balaban J connectivity index is 0.00000264. The van der Waals surface area contributed by atoms with E-state index in [4.69, 9.17) is 5.73 Å². The van der Waals surface area contributed by atoms with Crippen molar-refractivity contribution in [1.29, 1.82) is 0 Å². The van der Waals surface area contributed by atoms with Crippen LogP contribution in [-0.2, 0) is 4.79 Å². The van der Waals surface area contributed by atoms with Gasteiger partial charge in [0.15, 0.2) is 0 Å². The topological polar surface area (TPSA) is 55.1 Å². The first-order valence-electron chi connectivity index (χ1n) is 7.83. The molecule has 4 heteroatoms. The predicted molar refractivity (Wildman–Crippen MR) is 97.7 cm³/mol. The first-order chi connectivity index (χ1) is 10.7. The Morgan fingerprint density at radius 2 is 1.52 bits per heavy atom. The van der Waals surface area contributed by atoms with Crippen LogP contribution in [0.15, 0.2) is 60.7 Å². The molecular weight excluding hydrogens is 308 g/mol. The van der Waals surface area contributed by atoms with Gasteiger partial charge in [-0.15, -0.1) is 12.4 Å². The van der Waals surface area contributed by atoms with Crippen molar-refractivity contribution in [3.8, 4) is 0 Å². The summed E-state index contributed by atoms with van der Waals surface area (Å²) in [5, 5.41) is 3.01. The SMILES string of the molecule is CCC(CNC(=O)CC(N)c1ccccc1)c1ccccc1.Cl. The summed E-state index contributed by atoms with van der Waals surface area (Å²) in [7, 11) is 0. The Kier molecular flexibility index (Phi) is 8.38. The normalized spacial score (nSPS) is 12.8. The molecule has 0 aliphatic carbocycles. The number of benzene rings is 2. The Bertz CT molecular complexity index is 574. The van der Waals surface area contributed by atoms with Gasteiger partial charge in [-0.3, -0.25) is 4.79 Å². The lowest BCUT2D eigenvalue weighted by molar-refractivity contribution is -0.121. The molecule has 3 nitrogen and oxygen atoms in total. The molecule has 0 fully saturated rings. The number of nitrogens with two attached hydrogens (primary N) is 1. The lowest BCUT2D eigenvalue weighted by Crippen LogP contribution is -2.31. The molecule has 0 bridgehead atoms. The average Bonchev–Trinajstić information content (AvgIpc) is 2.57. The number of nitrogens with one attached hydrogen (secondary N) is 1. The summed E-state index contributed by atoms with van der Waals surface area (Å²) in [6, 6.07) is 19.8. The lowest BCUT2D eigenvalue weighted by atomic mass is 9.96. The molecule has 2 aromatic carbocycles. The summed E-state index contributed by atoms with van der Waals surface area (Å²) in [6.07, 6.45) is 1.31. The summed E-state index contributed by atoms with van der Waals surface area (Å²) in [6.45, 7) is 2.79. The van der Waals surface area contributed by atoms with Gasteiger partial charge in [0.25, 0.3) is 0 Å². The molecule has 124 valence electrons. The molecule has 23 heavy (non-hydrogen) atoms. The molecule has 0 spiro atoms. The molecule has 0 aromatic heterocycles. The maximum atomic E-state index is 12.1. The smallest absolute Gasteiger partial charge is 0.221 e. The molecule has 0 radical (unpaired) electrons. The van der Waals surface area contributed by atoms with E-state index in [1.54, 1.807) is 0 Å². The van der Waals surface area contributed by atoms with Crippen LogP contribution in [-0.4, -0.2) is 12.5 Å². The molecule has 2 unspecified atom stereocenters. The maximum Gasteiger partial charge on any atom is 0.221 e. The van der Waals surface area contributed by atoms with E-state index in [-0.39, 0.29) is 24.4 Å². The van der Waals surface area contributed by atoms with E-state index in [0.29, 0.717) is 18.9 Å². The van der Waals surface area contributed by atoms with Gasteiger partial charge in [-0.2, -0.15) is 0 Å². The Hall–Kier alpha value is -1.84. The van der Waals surface area contributed by atoms with E-state index in [2.05, 4.69) is 24.4 Å². The Morgan fingerprint density at radius 1 is 1.00 bits per heavy atom. The highest BCUT2D eigenvalue weighted by atomic mass is 35.5. The van der Waals surface area contributed by atoms with E-state index in [0.717, 1.165) is 12.0 Å². The van der Waals surface area contributed by atoms with E-state index >= 15 is 0 Å². The fourth-order valence-corrected chi connectivity index (χ4v) is 2.55. The van der Waals surface area contributed by atoms with E-state index in [1.165, 1.54) is 5.56 Å². The zero-order chi connectivity index (χ0) is 15.8. The standard InChI is InChI=1S/C19H24N2O.ClH/c1-2-15(16-9-5-3-6-10-16)14-21-19(22)13-18(20)17-11-7-4-8-12-17;/h3-12,15,18H,2,13-14,20H2,1H3,(H,21,22);1H. The second kappa shape index (κ2) is 10.0. The van der Waals surface area contributed by atoms with Crippen molar-refractivity contribution in [3.63, 3.8) is 0 Å². The van der Waals surface area contributed by atoms with Crippen LogP contribution >= 0.6 is 12.4 Å². The summed E-state index contributed by atoms with van der Waals surface area (Å²) in [5.74, 6) is 0.351. The molecular formula is C19H25ClN2O. The van der Waals surface area contributed by atoms with Crippen molar-refractivity contribution in [3.05, 3.63) is 71.8 Å². The number of hydrogen-bond donors (Lipinski definition) is 2. The van der Waals surface area contributed by atoms with Gasteiger partial charge in [-0.25, -0.2) is 0 Å². The van der Waals surface area contributed by atoms with Crippen molar-refractivity contribution in [2.75, 3.05) is 6.54 Å². The monoisotopic (exact) mass is 332 g/mol. The maximum absolute atomic E-state index is 12.1. The molecule has 0 heterocycles. The molecule has 2 atom stereocenters. The fourth-order valence-electron chi connectivity index (χ4n) is 2.55. The number of rotatable bonds is 7. The molecule has 0 aliphatic rings. The zero-order valence-corrected chi connectivity index (χ0v) is 14.3. The number of carbonyl (C=O) groups excluding carboxylic acids is 1. The fraction of sp³-hybridized carbons (Fsp3) is 0.316. The van der Waals surface area contributed by atoms with Crippen molar-refractivity contribution < 1.29 is 4.79 Å². The van der Waals surface area contributed by atoms with E-state index < -0.39 is 0 Å². The number of carbonyl (C=O) groups is 1. The first kappa shape index (κ1) is 19.2. The molecule has 1 amide bonds. The number of amides is 1. The molecule has 2 rings (SSSR count). The van der Waals surface area contributed by atoms with Crippen LogP contribution in [0.1, 0.15) is 42.9 Å². The molecule has 0 aliphatic heterocycles. The zero-order valence-electron chi connectivity index (χ0n) is 13.4. The minimum Gasteiger partial charge on any atom is -0.355 e. The highest BCUT2D eigenvalue weighted by molar-refractivity contribution is 5.85. The summed E-state index contributed by atoms with van der Waals surface area (Å²) in [5.41, 5.74) is 8.34. The second-order valence-corrected chi connectivity index (χ2v) is 5.54. The minimum absolute atomic E-state index is 0. The quantitative estimate of drug-likeness (QED) is 0.810. The highest BCUT2D eigenvalue weighted by Crippen LogP contribution is 2.18. The van der Waals surface area contributed by atoms with Crippen LogP contribution in [0, 0.1) is 0 Å². The van der Waals surface area contributed by atoms with Crippen LogP contribution in [0.25, 0.3) is 0 Å². The van der Waals surface area contributed by atoms with Gasteiger partial charge < -0.3 is 11.1 Å². The Labute approximate surface area is 144 Å². The largest absolute Gasteiger partial charge is 0.355 e. The van der Waals surface area contributed by atoms with Crippen LogP contribution in [0.5, 0.6) is 0 Å². The molecule has 3 N–H and O–H groups in total. The van der Waals surface area contributed by atoms with Gasteiger partial charge in [0.2, 0.25) is 5.91 Å². The predicted octanol–water partition coefficient (Wildman–Crippen LogP) is 3.81. The van der Waals surface area contributed by atoms with Crippen LogP contribution in [0.2, 0.25) is 0 Å². The van der Waals surface area contributed by atoms with Gasteiger partial charge in [-0.1, -0.05) is 67.6 Å². The Morgan fingerprint density at radius 3 is 2.04 bits per heavy atom. The summed E-state index contributed by atoms with van der Waals surface area (Å²) in [4.78, 5) is 12.1. The van der Waals surface area contributed by atoms with Crippen LogP contribution < -0.4 is 11.1 Å². The second-order valence-electron chi connectivity index (χ2n) is 5.54. The van der Waals surface area contributed by atoms with Gasteiger partial charge in [0.05, 0.1) is 0 Å². The van der Waals surface area contributed by atoms with Crippen molar-refractivity contribution in [2.24, 2.45) is 5.73 Å². The van der Waals surface area contributed by atoms with Gasteiger partial charge in [-0.05, 0) is 17.5 Å². The van der Waals surface area contributed by atoms with Gasteiger partial charge >= 0.3 is 0 Å². The van der Waals surface area contributed by atoms with Crippen molar-refractivity contribution in [2.45, 2.75) is 31.7 Å². The van der Waals surface area contributed by atoms with Crippen LogP contribution in [0.4, 0.5) is 0 Å². The molecule has 2 aromatic rings. The first-order valence-corrected chi connectivity index (χ1v) is 7.83. The highest BCUT2D eigenvalue weighted by Gasteiger charge is 2.14. The molecule has 0 saturated heterocycles. The van der Waals surface area contributed by atoms with E-state index in [9.17, 15) is 4.79 Å². The van der Waals surface area contributed by atoms with Gasteiger partial charge in [0, 0.05) is 24.9 Å². The lowest BCUT2D eigenvalue weighted by Gasteiger charge is -2.17. The average molecular weight is 333 g/mol. The summed E-state index contributed by atoms with van der Waals surface area (Å²) >= 11 is 0. The van der Waals surface area contributed by atoms with E-state index in [1.807, 2.05) is 48.5 Å². The van der Waals surface area contributed by atoms with Gasteiger partial charge in [0.1, 0.15) is 0 Å².